The van der Waals surface area contributed by atoms with Gasteiger partial charge in [0.2, 0.25) is 5.91 Å². The first-order valence-electron chi connectivity index (χ1n) is 8.80. The van der Waals surface area contributed by atoms with Crippen molar-refractivity contribution in [2.75, 3.05) is 34.9 Å². The quantitative estimate of drug-likeness (QED) is 0.733. The Labute approximate surface area is 161 Å². The standard InChI is InChI=1S/C21H28N2O4/c1-15(17-8-6-7-9-18(17)25-3)23(2)14-21(24)22-13-16-10-11-19(26-4)20(12-16)27-5/h6-12,15H,13-14H2,1-5H3,(H,22,24). The fraction of sp³-hybridized carbons (Fsp3) is 0.381. The van der Waals surface area contributed by atoms with E-state index in [1.54, 1.807) is 21.3 Å². The highest BCUT2D eigenvalue weighted by atomic mass is 16.5. The van der Waals surface area contributed by atoms with Crippen LogP contribution in [0.4, 0.5) is 0 Å². The number of benzene rings is 2. The Bertz CT molecular complexity index is 764. The molecule has 1 atom stereocenters. The van der Waals surface area contributed by atoms with Crippen molar-refractivity contribution in [2.24, 2.45) is 0 Å². The summed E-state index contributed by atoms with van der Waals surface area (Å²) >= 11 is 0. The van der Waals surface area contributed by atoms with Crippen LogP contribution in [0.1, 0.15) is 24.1 Å². The van der Waals surface area contributed by atoms with Crippen LogP contribution in [-0.4, -0.2) is 45.7 Å². The fourth-order valence-electron chi connectivity index (χ4n) is 2.86. The molecule has 0 spiro atoms. The average molecular weight is 372 g/mol. The molecule has 0 saturated carbocycles. The van der Waals surface area contributed by atoms with E-state index in [2.05, 4.69) is 12.2 Å². The van der Waals surface area contributed by atoms with Gasteiger partial charge in [0, 0.05) is 18.2 Å². The summed E-state index contributed by atoms with van der Waals surface area (Å²) in [6.07, 6.45) is 0. The molecule has 0 saturated heterocycles. The van der Waals surface area contributed by atoms with Crippen LogP contribution in [0.15, 0.2) is 42.5 Å². The molecule has 0 aliphatic rings. The van der Waals surface area contributed by atoms with Gasteiger partial charge in [-0.1, -0.05) is 24.3 Å². The number of amides is 1. The van der Waals surface area contributed by atoms with E-state index in [-0.39, 0.29) is 18.5 Å². The van der Waals surface area contributed by atoms with Crippen molar-refractivity contribution in [3.63, 3.8) is 0 Å². The summed E-state index contributed by atoms with van der Waals surface area (Å²) in [5.74, 6) is 2.08. The Kier molecular flexibility index (Phi) is 7.49. The Morgan fingerprint density at radius 3 is 2.33 bits per heavy atom. The van der Waals surface area contributed by atoms with E-state index < -0.39 is 0 Å². The zero-order valence-corrected chi connectivity index (χ0v) is 16.6. The number of methoxy groups -OCH3 is 3. The molecule has 0 fully saturated rings. The van der Waals surface area contributed by atoms with Crippen molar-refractivity contribution in [1.29, 1.82) is 0 Å². The first-order valence-corrected chi connectivity index (χ1v) is 8.80. The highest BCUT2D eigenvalue weighted by Gasteiger charge is 2.18. The summed E-state index contributed by atoms with van der Waals surface area (Å²) in [6, 6.07) is 13.5. The Morgan fingerprint density at radius 1 is 1.00 bits per heavy atom. The van der Waals surface area contributed by atoms with Crippen LogP contribution in [0.3, 0.4) is 0 Å². The molecule has 2 rings (SSSR count). The van der Waals surface area contributed by atoms with E-state index in [4.69, 9.17) is 14.2 Å². The topological polar surface area (TPSA) is 60.0 Å². The maximum Gasteiger partial charge on any atom is 0.234 e. The maximum absolute atomic E-state index is 12.4. The number of carbonyl (C=O) groups is 1. The van der Waals surface area contributed by atoms with E-state index in [1.807, 2.05) is 54.4 Å². The van der Waals surface area contributed by atoms with Crippen LogP contribution < -0.4 is 19.5 Å². The molecule has 1 N–H and O–H groups in total. The summed E-state index contributed by atoms with van der Waals surface area (Å²) in [7, 11) is 6.76. The van der Waals surface area contributed by atoms with Gasteiger partial charge in [0.15, 0.2) is 11.5 Å². The van der Waals surface area contributed by atoms with Crippen LogP contribution in [0, 0.1) is 0 Å². The predicted molar refractivity (Wildman–Crippen MR) is 105 cm³/mol. The number of hydrogen-bond acceptors (Lipinski definition) is 5. The molecule has 2 aromatic carbocycles. The van der Waals surface area contributed by atoms with Gasteiger partial charge in [-0.2, -0.15) is 0 Å². The van der Waals surface area contributed by atoms with Gasteiger partial charge in [-0.3, -0.25) is 9.69 Å². The summed E-state index contributed by atoms with van der Waals surface area (Å²) in [4.78, 5) is 14.3. The minimum absolute atomic E-state index is 0.0472. The molecule has 0 aromatic heterocycles. The average Bonchev–Trinajstić information content (AvgIpc) is 2.71. The second-order valence-corrected chi connectivity index (χ2v) is 6.30. The SMILES string of the molecule is COc1ccc(CNC(=O)CN(C)C(C)c2ccccc2OC)cc1OC. The lowest BCUT2D eigenvalue weighted by Crippen LogP contribution is -2.36. The summed E-state index contributed by atoms with van der Waals surface area (Å²) in [5.41, 5.74) is 2.00. The Morgan fingerprint density at radius 2 is 1.67 bits per heavy atom. The number of rotatable bonds is 9. The first kappa shape index (κ1) is 20.6. The van der Waals surface area contributed by atoms with Crippen molar-refractivity contribution in [1.82, 2.24) is 10.2 Å². The van der Waals surface area contributed by atoms with Gasteiger partial charge in [0.1, 0.15) is 5.75 Å². The van der Waals surface area contributed by atoms with Gasteiger partial charge >= 0.3 is 0 Å². The highest BCUT2D eigenvalue weighted by Crippen LogP contribution is 2.28. The highest BCUT2D eigenvalue weighted by molar-refractivity contribution is 5.78. The molecule has 6 nitrogen and oxygen atoms in total. The Hall–Kier alpha value is -2.73. The monoisotopic (exact) mass is 372 g/mol. The largest absolute Gasteiger partial charge is 0.496 e. The summed E-state index contributed by atoms with van der Waals surface area (Å²) < 4.78 is 15.9. The van der Waals surface area contributed by atoms with Crippen LogP contribution >= 0.6 is 0 Å². The first-order chi connectivity index (χ1) is 13.0. The molecule has 0 aliphatic heterocycles. The molecule has 1 amide bonds. The van der Waals surface area contributed by atoms with Gasteiger partial charge in [-0.25, -0.2) is 0 Å². The Balaban J connectivity index is 1.93. The maximum atomic E-state index is 12.4. The van der Waals surface area contributed by atoms with Gasteiger partial charge in [-0.05, 0) is 37.7 Å². The second-order valence-electron chi connectivity index (χ2n) is 6.30. The molecule has 0 heterocycles. The lowest BCUT2D eigenvalue weighted by molar-refractivity contribution is -0.122. The van der Waals surface area contributed by atoms with Crippen molar-refractivity contribution >= 4 is 5.91 Å². The number of carbonyl (C=O) groups excluding carboxylic acids is 1. The zero-order chi connectivity index (χ0) is 19.8. The van der Waals surface area contributed by atoms with Gasteiger partial charge in [0.05, 0.1) is 27.9 Å². The number of hydrogen-bond donors (Lipinski definition) is 1. The number of ether oxygens (including phenoxy) is 3. The third kappa shape index (κ3) is 5.37. The van der Waals surface area contributed by atoms with Gasteiger partial charge in [0.25, 0.3) is 0 Å². The van der Waals surface area contributed by atoms with E-state index in [9.17, 15) is 4.79 Å². The second kappa shape index (κ2) is 9.83. The molecule has 6 heteroatoms. The van der Waals surface area contributed by atoms with Crippen molar-refractivity contribution < 1.29 is 19.0 Å². The van der Waals surface area contributed by atoms with E-state index >= 15 is 0 Å². The van der Waals surface area contributed by atoms with E-state index in [0.717, 1.165) is 16.9 Å². The van der Waals surface area contributed by atoms with Crippen LogP contribution in [0.25, 0.3) is 0 Å². The molecule has 1 unspecified atom stereocenters. The number of nitrogens with zero attached hydrogens (tertiary/aromatic N) is 1. The summed E-state index contributed by atoms with van der Waals surface area (Å²) in [5, 5.41) is 2.95. The minimum Gasteiger partial charge on any atom is -0.496 e. The van der Waals surface area contributed by atoms with Gasteiger partial charge < -0.3 is 19.5 Å². The third-order valence-electron chi connectivity index (χ3n) is 4.58. The molecule has 0 aliphatic carbocycles. The van der Waals surface area contributed by atoms with E-state index in [1.165, 1.54) is 0 Å². The normalized spacial score (nSPS) is 11.8. The summed E-state index contributed by atoms with van der Waals surface area (Å²) in [6.45, 7) is 2.77. The van der Waals surface area contributed by atoms with Crippen molar-refractivity contribution in [3.8, 4) is 17.2 Å². The molecule has 0 bridgehead atoms. The molecule has 146 valence electrons. The molecular weight excluding hydrogens is 344 g/mol. The zero-order valence-electron chi connectivity index (χ0n) is 16.6. The third-order valence-corrected chi connectivity index (χ3v) is 4.58. The molecule has 2 aromatic rings. The molecule has 0 radical (unpaired) electrons. The van der Waals surface area contributed by atoms with Crippen LogP contribution in [0.5, 0.6) is 17.2 Å². The van der Waals surface area contributed by atoms with Crippen LogP contribution in [-0.2, 0) is 11.3 Å². The number of para-hydroxylation sites is 1. The van der Waals surface area contributed by atoms with Gasteiger partial charge in [-0.15, -0.1) is 0 Å². The molecule has 27 heavy (non-hydrogen) atoms. The van der Waals surface area contributed by atoms with Crippen LogP contribution in [0.2, 0.25) is 0 Å². The number of likely N-dealkylation sites (N-methyl/N-ethyl adjacent to an activating group) is 1. The van der Waals surface area contributed by atoms with Crippen molar-refractivity contribution in [2.45, 2.75) is 19.5 Å². The number of nitrogens with one attached hydrogen (secondary N) is 1. The smallest absolute Gasteiger partial charge is 0.234 e. The van der Waals surface area contributed by atoms with E-state index in [0.29, 0.717) is 18.0 Å². The fourth-order valence-corrected chi connectivity index (χ4v) is 2.86. The van der Waals surface area contributed by atoms with Crippen molar-refractivity contribution in [3.05, 3.63) is 53.6 Å². The predicted octanol–water partition coefficient (Wildman–Crippen LogP) is 3.02. The minimum atomic E-state index is -0.0472. The lowest BCUT2D eigenvalue weighted by Gasteiger charge is -2.25. The lowest BCUT2D eigenvalue weighted by atomic mass is 10.1. The molecular formula is C21H28N2O4.